The van der Waals surface area contributed by atoms with Crippen molar-refractivity contribution in [2.75, 3.05) is 24.5 Å². The molecule has 0 spiro atoms. The van der Waals surface area contributed by atoms with Gasteiger partial charge in [0, 0.05) is 30.3 Å². The van der Waals surface area contributed by atoms with E-state index in [1.807, 2.05) is 12.1 Å². The van der Waals surface area contributed by atoms with Crippen molar-refractivity contribution < 1.29 is 4.79 Å². The van der Waals surface area contributed by atoms with Crippen LogP contribution in [0.3, 0.4) is 0 Å². The molecule has 0 radical (unpaired) electrons. The predicted octanol–water partition coefficient (Wildman–Crippen LogP) is 2.40. The van der Waals surface area contributed by atoms with E-state index in [-0.39, 0.29) is 11.8 Å². The van der Waals surface area contributed by atoms with Gasteiger partial charge in [0.2, 0.25) is 5.91 Å². The first-order chi connectivity index (χ1) is 9.97. The first kappa shape index (κ1) is 16.1. The number of anilines is 1. The molecule has 1 atom stereocenters. The lowest BCUT2D eigenvalue weighted by Gasteiger charge is -2.22. The lowest BCUT2D eigenvalue weighted by Crippen LogP contribution is -2.28. The Morgan fingerprint density at radius 3 is 2.90 bits per heavy atom. The molecule has 1 saturated heterocycles. The number of rotatable bonds is 6. The largest absolute Gasteiger partial charge is 0.370 e. The molecule has 5 heteroatoms. The van der Waals surface area contributed by atoms with Gasteiger partial charge in [-0.05, 0) is 36.6 Å². The van der Waals surface area contributed by atoms with E-state index in [0.717, 1.165) is 36.8 Å². The molecule has 1 aliphatic rings. The summed E-state index contributed by atoms with van der Waals surface area (Å²) in [5.41, 5.74) is 7.74. The lowest BCUT2D eigenvalue weighted by atomic mass is 10.1. The van der Waals surface area contributed by atoms with Crippen LogP contribution in [-0.2, 0) is 11.3 Å². The maximum absolute atomic E-state index is 11.3. The quantitative estimate of drug-likeness (QED) is 0.848. The Hall–Kier alpha value is -1.26. The first-order valence-electron chi connectivity index (χ1n) is 7.50. The van der Waals surface area contributed by atoms with Crippen LogP contribution < -0.4 is 16.0 Å². The average Bonchev–Trinajstić information content (AvgIpc) is 2.89. The van der Waals surface area contributed by atoms with Crippen molar-refractivity contribution in [3.63, 3.8) is 0 Å². The van der Waals surface area contributed by atoms with Crippen LogP contribution in [0, 0.1) is 11.8 Å². The standard InChI is InChI=1S/C16H24ClN3O/c1-11(2)8-19-9-12-3-4-14(17)7-15(12)20-6-5-13(10-20)16(18)21/h3-4,7,11,13,19H,5-6,8-10H2,1-2H3,(H2,18,21). The molecule has 0 saturated carbocycles. The first-order valence-corrected chi connectivity index (χ1v) is 7.88. The molecule has 116 valence electrons. The molecule has 1 heterocycles. The number of amides is 1. The third kappa shape index (κ3) is 4.35. The van der Waals surface area contributed by atoms with Gasteiger partial charge in [-0.15, -0.1) is 0 Å². The molecule has 1 aromatic carbocycles. The number of halogens is 1. The number of nitrogens with one attached hydrogen (secondary N) is 1. The molecule has 4 nitrogen and oxygen atoms in total. The maximum atomic E-state index is 11.3. The molecule has 3 N–H and O–H groups in total. The van der Waals surface area contributed by atoms with Crippen molar-refractivity contribution in [1.29, 1.82) is 0 Å². The van der Waals surface area contributed by atoms with Crippen LogP contribution in [0.2, 0.25) is 5.02 Å². The molecule has 1 aromatic rings. The van der Waals surface area contributed by atoms with Crippen molar-refractivity contribution in [3.05, 3.63) is 28.8 Å². The molecule has 0 aliphatic carbocycles. The molecular formula is C16H24ClN3O. The highest BCUT2D eigenvalue weighted by Crippen LogP contribution is 2.29. The van der Waals surface area contributed by atoms with Gasteiger partial charge in [0.25, 0.3) is 0 Å². The van der Waals surface area contributed by atoms with Gasteiger partial charge < -0.3 is 16.0 Å². The van der Waals surface area contributed by atoms with E-state index in [1.165, 1.54) is 5.56 Å². The van der Waals surface area contributed by atoms with Crippen LogP contribution in [0.25, 0.3) is 0 Å². The minimum Gasteiger partial charge on any atom is -0.370 e. The average molecular weight is 310 g/mol. The number of carbonyl (C=O) groups is 1. The number of primary amides is 1. The zero-order valence-corrected chi connectivity index (χ0v) is 13.5. The highest BCUT2D eigenvalue weighted by molar-refractivity contribution is 6.30. The summed E-state index contributed by atoms with van der Waals surface area (Å²) in [7, 11) is 0. The van der Waals surface area contributed by atoms with Crippen molar-refractivity contribution in [1.82, 2.24) is 5.32 Å². The van der Waals surface area contributed by atoms with E-state index in [4.69, 9.17) is 17.3 Å². The third-order valence-electron chi connectivity index (χ3n) is 3.85. The highest BCUT2D eigenvalue weighted by atomic mass is 35.5. The summed E-state index contributed by atoms with van der Waals surface area (Å²) in [5, 5.41) is 4.18. The van der Waals surface area contributed by atoms with Gasteiger partial charge >= 0.3 is 0 Å². The van der Waals surface area contributed by atoms with Crippen molar-refractivity contribution in [2.45, 2.75) is 26.8 Å². The fourth-order valence-electron chi connectivity index (χ4n) is 2.69. The molecule has 21 heavy (non-hydrogen) atoms. The summed E-state index contributed by atoms with van der Waals surface area (Å²) < 4.78 is 0. The van der Waals surface area contributed by atoms with Gasteiger partial charge in [-0.3, -0.25) is 4.79 Å². The summed E-state index contributed by atoms with van der Waals surface area (Å²) in [6.07, 6.45) is 0.820. The fourth-order valence-corrected chi connectivity index (χ4v) is 2.85. The van der Waals surface area contributed by atoms with E-state index >= 15 is 0 Å². The van der Waals surface area contributed by atoms with E-state index in [9.17, 15) is 4.79 Å². The molecule has 2 rings (SSSR count). The van der Waals surface area contributed by atoms with Gasteiger partial charge in [0.15, 0.2) is 0 Å². The van der Waals surface area contributed by atoms with E-state index in [2.05, 4.69) is 30.1 Å². The second-order valence-corrected chi connectivity index (χ2v) is 6.57. The van der Waals surface area contributed by atoms with Crippen LogP contribution in [-0.4, -0.2) is 25.5 Å². The smallest absolute Gasteiger partial charge is 0.222 e. The van der Waals surface area contributed by atoms with Crippen LogP contribution in [0.1, 0.15) is 25.8 Å². The molecule has 1 fully saturated rings. The molecule has 1 amide bonds. The topological polar surface area (TPSA) is 58.4 Å². The molecule has 1 aliphatic heterocycles. The SMILES string of the molecule is CC(C)CNCc1ccc(Cl)cc1N1CCC(C(N)=O)C1. The minimum atomic E-state index is -0.209. The Morgan fingerprint density at radius 1 is 1.52 bits per heavy atom. The maximum Gasteiger partial charge on any atom is 0.222 e. The lowest BCUT2D eigenvalue weighted by molar-refractivity contribution is -0.121. The number of hydrogen-bond donors (Lipinski definition) is 2. The Bertz CT molecular complexity index is 504. The summed E-state index contributed by atoms with van der Waals surface area (Å²) in [4.78, 5) is 13.6. The second kappa shape index (κ2) is 7.14. The van der Waals surface area contributed by atoms with Crippen LogP contribution in [0.5, 0.6) is 0 Å². The van der Waals surface area contributed by atoms with Crippen molar-refractivity contribution in [3.8, 4) is 0 Å². The molecule has 0 bridgehead atoms. The Labute approximate surface area is 131 Å². The summed E-state index contributed by atoms with van der Waals surface area (Å²) in [6.45, 7) is 7.70. The number of hydrogen-bond acceptors (Lipinski definition) is 3. The summed E-state index contributed by atoms with van der Waals surface area (Å²) in [6, 6.07) is 5.96. The Morgan fingerprint density at radius 2 is 2.29 bits per heavy atom. The summed E-state index contributed by atoms with van der Waals surface area (Å²) >= 11 is 6.14. The van der Waals surface area contributed by atoms with Crippen LogP contribution in [0.15, 0.2) is 18.2 Å². The minimum absolute atomic E-state index is 0.0551. The predicted molar refractivity (Wildman–Crippen MR) is 87.5 cm³/mol. The van der Waals surface area contributed by atoms with E-state index < -0.39 is 0 Å². The van der Waals surface area contributed by atoms with E-state index in [0.29, 0.717) is 12.5 Å². The van der Waals surface area contributed by atoms with Crippen molar-refractivity contribution >= 4 is 23.2 Å². The molecular weight excluding hydrogens is 286 g/mol. The second-order valence-electron chi connectivity index (χ2n) is 6.13. The normalized spacial score (nSPS) is 18.5. The monoisotopic (exact) mass is 309 g/mol. The summed E-state index contributed by atoms with van der Waals surface area (Å²) in [5.74, 6) is 0.353. The van der Waals surface area contributed by atoms with Crippen LogP contribution in [0.4, 0.5) is 5.69 Å². The molecule has 1 unspecified atom stereocenters. The Balaban J connectivity index is 2.10. The number of nitrogens with zero attached hydrogens (tertiary/aromatic N) is 1. The van der Waals surface area contributed by atoms with E-state index in [1.54, 1.807) is 0 Å². The Kier molecular flexibility index (Phi) is 5.48. The fraction of sp³-hybridized carbons (Fsp3) is 0.562. The number of benzene rings is 1. The zero-order valence-electron chi connectivity index (χ0n) is 12.7. The highest BCUT2D eigenvalue weighted by Gasteiger charge is 2.27. The zero-order chi connectivity index (χ0) is 15.4. The third-order valence-corrected chi connectivity index (χ3v) is 4.08. The van der Waals surface area contributed by atoms with Gasteiger partial charge in [-0.25, -0.2) is 0 Å². The van der Waals surface area contributed by atoms with Gasteiger partial charge in [-0.1, -0.05) is 31.5 Å². The number of nitrogens with two attached hydrogens (primary N) is 1. The number of carbonyl (C=O) groups excluding carboxylic acids is 1. The van der Waals surface area contributed by atoms with Gasteiger partial charge in [0.1, 0.15) is 0 Å². The van der Waals surface area contributed by atoms with Gasteiger partial charge in [-0.2, -0.15) is 0 Å². The van der Waals surface area contributed by atoms with Crippen LogP contribution >= 0.6 is 11.6 Å². The van der Waals surface area contributed by atoms with Gasteiger partial charge in [0.05, 0.1) is 5.92 Å². The van der Waals surface area contributed by atoms with Crippen molar-refractivity contribution in [2.24, 2.45) is 17.6 Å². The molecule has 0 aromatic heterocycles.